The van der Waals surface area contributed by atoms with E-state index in [9.17, 15) is 8.78 Å². The van der Waals surface area contributed by atoms with Gasteiger partial charge >= 0.3 is 0 Å². The third-order valence-electron chi connectivity index (χ3n) is 3.33. The summed E-state index contributed by atoms with van der Waals surface area (Å²) in [4.78, 5) is 4.04. The standard InChI is InChI=1S/C16H13F2N3/c17-11-1-2-14(18)10(7-11)8-21-16-4-3-15(19)13-9-20-6-5-12(13)16/h1-7,9,21H,8,19H2. The van der Waals surface area contributed by atoms with Crippen LogP contribution in [0.4, 0.5) is 20.2 Å². The lowest BCUT2D eigenvalue weighted by molar-refractivity contribution is 0.587. The molecule has 0 aliphatic carbocycles. The summed E-state index contributed by atoms with van der Waals surface area (Å²) in [5, 5.41) is 4.82. The van der Waals surface area contributed by atoms with Gasteiger partial charge < -0.3 is 11.1 Å². The van der Waals surface area contributed by atoms with E-state index in [0.29, 0.717) is 5.69 Å². The van der Waals surface area contributed by atoms with E-state index in [4.69, 9.17) is 5.73 Å². The van der Waals surface area contributed by atoms with Crippen LogP contribution in [0, 0.1) is 11.6 Å². The highest BCUT2D eigenvalue weighted by Crippen LogP contribution is 2.27. The van der Waals surface area contributed by atoms with Crippen molar-refractivity contribution in [1.29, 1.82) is 0 Å². The fourth-order valence-corrected chi connectivity index (χ4v) is 2.24. The van der Waals surface area contributed by atoms with Gasteiger partial charge in [-0.3, -0.25) is 4.98 Å². The molecule has 0 aliphatic rings. The van der Waals surface area contributed by atoms with Crippen molar-refractivity contribution in [2.45, 2.75) is 6.54 Å². The zero-order valence-corrected chi connectivity index (χ0v) is 11.1. The molecule has 3 N–H and O–H groups in total. The molecule has 1 aromatic heterocycles. The maximum Gasteiger partial charge on any atom is 0.128 e. The number of anilines is 2. The topological polar surface area (TPSA) is 50.9 Å². The number of aromatic nitrogens is 1. The van der Waals surface area contributed by atoms with E-state index in [0.717, 1.165) is 28.6 Å². The van der Waals surface area contributed by atoms with E-state index in [1.807, 2.05) is 12.1 Å². The molecule has 5 heteroatoms. The van der Waals surface area contributed by atoms with E-state index < -0.39 is 11.6 Å². The van der Waals surface area contributed by atoms with Crippen molar-refractivity contribution in [1.82, 2.24) is 4.98 Å². The van der Waals surface area contributed by atoms with Crippen LogP contribution < -0.4 is 11.1 Å². The van der Waals surface area contributed by atoms with E-state index in [1.165, 1.54) is 6.07 Å². The maximum absolute atomic E-state index is 13.6. The summed E-state index contributed by atoms with van der Waals surface area (Å²) in [6, 6.07) is 8.81. The van der Waals surface area contributed by atoms with E-state index in [-0.39, 0.29) is 12.1 Å². The molecule has 0 radical (unpaired) electrons. The predicted molar refractivity (Wildman–Crippen MR) is 79.8 cm³/mol. The number of rotatable bonds is 3. The Bertz CT molecular complexity index is 803. The van der Waals surface area contributed by atoms with Gasteiger partial charge in [0.2, 0.25) is 0 Å². The van der Waals surface area contributed by atoms with E-state index >= 15 is 0 Å². The monoisotopic (exact) mass is 285 g/mol. The Morgan fingerprint density at radius 1 is 1.05 bits per heavy atom. The van der Waals surface area contributed by atoms with Gasteiger partial charge in [-0.25, -0.2) is 8.78 Å². The van der Waals surface area contributed by atoms with Crippen molar-refractivity contribution in [3.63, 3.8) is 0 Å². The van der Waals surface area contributed by atoms with Gasteiger partial charge in [0.05, 0.1) is 0 Å². The van der Waals surface area contributed by atoms with Gasteiger partial charge in [-0.05, 0) is 36.4 Å². The smallest absolute Gasteiger partial charge is 0.128 e. The molecule has 0 atom stereocenters. The molecule has 106 valence electrons. The molecule has 0 bridgehead atoms. The molecule has 3 nitrogen and oxygen atoms in total. The number of pyridine rings is 1. The molecule has 1 heterocycles. The Hall–Kier alpha value is -2.69. The SMILES string of the molecule is Nc1ccc(NCc2cc(F)ccc2F)c2ccncc12. The van der Waals surface area contributed by atoms with Crippen molar-refractivity contribution in [3.05, 3.63) is 66.0 Å². The molecule has 3 rings (SSSR count). The van der Waals surface area contributed by atoms with Crippen LogP contribution in [0.25, 0.3) is 10.8 Å². The third kappa shape index (κ3) is 2.63. The first-order valence-corrected chi connectivity index (χ1v) is 6.45. The van der Waals surface area contributed by atoms with Gasteiger partial charge in [-0.15, -0.1) is 0 Å². The van der Waals surface area contributed by atoms with Crippen LogP contribution in [-0.2, 0) is 6.54 Å². The van der Waals surface area contributed by atoms with Crippen molar-refractivity contribution in [2.75, 3.05) is 11.1 Å². The number of nitrogens with zero attached hydrogens (tertiary/aromatic N) is 1. The highest BCUT2D eigenvalue weighted by molar-refractivity contribution is 6.00. The molecule has 0 spiro atoms. The fourth-order valence-electron chi connectivity index (χ4n) is 2.24. The van der Waals surface area contributed by atoms with Crippen molar-refractivity contribution in [2.24, 2.45) is 0 Å². The molecule has 0 fully saturated rings. The molecular formula is C16H13F2N3. The number of nitrogens with two attached hydrogens (primary N) is 1. The minimum atomic E-state index is -0.459. The highest BCUT2D eigenvalue weighted by Gasteiger charge is 2.07. The van der Waals surface area contributed by atoms with E-state index in [2.05, 4.69) is 10.3 Å². The molecule has 21 heavy (non-hydrogen) atoms. The molecule has 0 saturated heterocycles. The molecule has 0 unspecified atom stereocenters. The fraction of sp³-hybridized carbons (Fsp3) is 0.0625. The first-order chi connectivity index (χ1) is 10.1. The number of nitrogens with one attached hydrogen (secondary N) is 1. The van der Waals surface area contributed by atoms with Crippen LogP contribution in [0.2, 0.25) is 0 Å². The number of nitrogen functional groups attached to an aromatic ring is 1. The number of hydrogen-bond acceptors (Lipinski definition) is 3. The predicted octanol–water partition coefficient (Wildman–Crippen LogP) is 3.71. The number of fused-ring (bicyclic) bond motifs is 1. The molecule has 3 aromatic rings. The van der Waals surface area contributed by atoms with Gasteiger partial charge in [-0.2, -0.15) is 0 Å². The Morgan fingerprint density at radius 3 is 2.76 bits per heavy atom. The van der Waals surface area contributed by atoms with Crippen LogP contribution in [0.3, 0.4) is 0 Å². The van der Waals surface area contributed by atoms with Crippen molar-refractivity contribution in [3.8, 4) is 0 Å². The second-order valence-corrected chi connectivity index (χ2v) is 4.71. The largest absolute Gasteiger partial charge is 0.398 e. The minimum absolute atomic E-state index is 0.185. The van der Waals surface area contributed by atoms with Crippen LogP contribution in [0.15, 0.2) is 48.8 Å². The molecule has 0 aliphatic heterocycles. The Balaban J connectivity index is 1.92. The number of halogens is 2. The van der Waals surface area contributed by atoms with Crippen LogP contribution in [-0.4, -0.2) is 4.98 Å². The Labute approximate surface area is 120 Å². The summed E-state index contributed by atoms with van der Waals surface area (Å²) in [5.74, 6) is -0.898. The summed E-state index contributed by atoms with van der Waals surface area (Å²) in [5.41, 5.74) is 7.59. The zero-order chi connectivity index (χ0) is 14.8. The Kier molecular flexibility index (Phi) is 3.39. The second-order valence-electron chi connectivity index (χ2n) is 4.71. The van der Waals surface area contributed by atoms with Crippen LogP contribution in [0.5, 0.6) is 0 Å². The van der Waals surface area contributed by atoms with Crippen LogP contribution >= 0.6 is 0 Å². The zero-order valence-electron chi connectivity index (χ0n) is 11.1. The average molecular weight is 285 g/mol. The summed E-state index contributed by atoms with van der Waals surface area (Å²) in [7, 11) is 0. The van der Waals surface area contributed by atoms with Gasteiger partial charge in [0, 0.05) is 46.6 Å². The highest BCUT2D eigenvalue weighted by atomic mass is 19.1. The van der Waals surface area contributed by atoms with E-state index in [1.54, 1.807) is 18.5 Å². The average Bonchev–Trinajstić information content (AvgIpc) is 2.50. The Morgan fingerprint density at radius 2 is 1.90 bits per heavy atom. The third-order valence-corrected chi connectivity index (χ3v) is 3.33. The molecule has 0 saturated carbocycles. The molecule has 0 amide bonds. The van der Waals surface area contributed by atoms with Crippen molar-refractivity contribution >= 4 is 22.1 Å². The number of benzene rings is 2. The summed E-state index contributed by atoms with van der Waals surface area (Å²) < 4.78 is 26.8. The minimum Gasteiger partial charge on any atom is -0.398 e. The lowest BCUT2D eigenvalue weighted by Crippen LogP contribution is -2.03. The first-order valence-electron chi connectivity index (χ1n) is 6.45. The van der Waals surface area contributed by atoms with Crippen molar-refractivity contribution < 1.29 is 8.78 Å². The lowest BCUT2D eigenvalue weighted by atomic mass is 10.1. The molecular weight excluding hydrogens is 272 g/mol. The van der Waals surface area contributed by atoms with Gasteiger partial charge in [0.1, 0.15) is 11.6 Å². The first kappa shape index (κ1) is 13.3. The van der Waals surface area contributed by atoms with Gasteiger partial charge in [-0.1, -0.05) is 0 Å². The van der Waals surface area contributed by atoms with Gasteiger partial charge in [0.25, 0.3) is 0 Å². The normalized spacial score (nSPS) is 10.8. The summed E-state index contributed by atoms with van der Waals surface area (Å²) >= 11 is 0. The summed E-state index contributed by atoms with van der Waals surface area (Å²) in [6.07, 6.45) is 3.34. The molecule has 2 aromatic carbocycles. The maximum atomic E-state index is 13.6. The lowest BCUT2D eigenvalue weighted by Gasteiger charge is -2.11. The second kappa shape index (κ2) is 5.36. The quantitative estimate of drug-likeness (QED) is 0.721. The summed E-state index contributed by atoms with van der Waals surface area (Å²) in [6.45, 7) is 0.185. The van der Waals surface area contributed by atoms with Crippen LogP contribution in [0.1, 0.15) is 5.56 Å². The van der Waals surface area contributed by atoms with Gasteiger partial charge in [0.15, 0.2) is 0 Å². The number of hydrogen-bond donors (Lipinski definition) is 2.